The van der Waals surface area contributed by atoms with Gasteiger partial charge in [0, 0.05) is 38.5 Å². The van der Waals surface area contributed by atoms with Crippen molar-refractivity contribution in [1.82, 2.24) is 9.80 Å². The molecule has 6 heteroatoms. The highest BCUT2D eigenvalue weighted by Crippen LogP contribution is 2.45. The molecule has 0 radical (unpaired) electrons. The smallest absolute Gasteiger partial charge is 0.233 e. The molecule has 5 rings (SSSR count). The van der Waals surface area contributed by atoms with Crippen molar-refractivity contribution in [3.05, 3.63) is 102 Å². The van der Waals surface area contributed by atoms with Gasteiger partial charge in [0.25, 0.3) is 0 Å². The Labute approximate surface area is 236 Å². The average molecular weight is 543 g/mol. The van der Waals surface area contributed by atoms with Crippen molar-refractivity contribution in [1.29, 1.82) is 0 Å². The van der Waals surface area contributed by atoms with Crippen LogP contribution in [0, 0.1) is 11.2 Å². The molecule has 1 aliphatic carbocycles. The van der Waals surface area contributed by atoms with E-state index in [1.165, 1.54) is 12.1 Å². The number of hydrogen-bond donors (Lipinski definition) is 0. The number of benzene rings is 3. The highest BCUT2D eigenvalue weighted by atomic mass is 19.1. The molecule has 210 valence electrons. The zero-order valence-electron chi connectivity index (χ0n) is 23.4. The van der Waals surface area contributed by atoms with Gasteiger partial charge in [0.15, 0.2) is 0 Å². The van der Waals surface area contributed by atoms with Crippen LogP contribution in [-0.2, 0) is 21.5 Å². The van der Waals surface area contributed by atoms with Gasteiger partial charge in [0.1, 0.15) is 11.6 Å². The molecule has 3 aromatic carbocycles. The number of piperidine rings is 1. The van der Waals surface area contributed by atoms with Crippen LogP contribution in [0.3, 0.4) is 0 Å². The third-order valence-corrected chi connectivity index (χ3v) is 8.71. The minimum Gasteiger partial charge on any atom is -0.493 e. The Morgan fingerprint density at radius 1 is 0.875 bits per heavy atom. The van der Waals surface area contributed by atoms with Crippen molar-refractivity contribution in [3.63, 3.8) is 0 Å². The number of carbonyl (C=O) groups excluding carboxylic acids is 2. The van der Waals surface area contributed by atoms with Gasteiger partial charge in [0.2, 0.25) is 11.8 Å². The Bertz CT molecular complexity index is 1280. The topological polar surface area (TPSA) is 49.9 Å². The molecule has 0 N–H and O–H groups in total. The summed E-state index contributed by atoms with van der Waals surface area (Å²) < 4.78 is 20.0. The summed E-state index contributed by atoms with van der Waals surface area (Å²) in [5.41, 5.74) is 0.835. The average Bonchev–Trinajstić information content (AvgIpc) is 3.48. The van der Waals surface area contributed by atoms with Crippen LogP contribution in [0.5, 0.6) is 5.75 Å². The molecule has 5 nitrogen and oxygen atoms in total. The molecule has 0 bridgehead atoms. The fraction of sp³-hybridized carbons (Fsp3) is 0.412. The Morgan fingerprint density at radius 2 is 1.52 bits per heavy atom. The Balaban J connectivity index is 1.38. The summed E-state index contributed by atoms with van der Waals surface area (Å²) in [6.07, 6.45) is 5.39. The van der Waals surface area contributed by atoms with E-state index in [1.54, 1.807) is 17.0 Å². The molecule has 1 saturated carbocycles. The number of carbonyl (C=O) groups is 2. The van der Waals surface area contributed by atoms with Gasteiger partial charge in [-0.1, -0.05) is 73.5 Å². The predicted molar refractivity (Wildman–Crippen MR) is 154 cm³/mol. The first-order valence-electron chi connectivity index (χ1n) is 14.4. The summed E-state index contributed by atoms with van der Waals surface area (Å²) in [5, 5.41) is 0. The van der Waals surface area contributed by atoms with E-state index in [-0.39, 0.29) is 17.6 Å². The van der Waals surface area contributed by atoms with Crippen LogP contribution in [0.4, 0.5) is 4.39 Å². The monoisotopic (exact) mass is 542 g/mol. The predicted octanol–water partition coefficient (Wildman–Crippen LogP) is 6.37. The molecule has 2 amide bonds. The molecule has 1 aliphatic heterocycles. The van der Waals surface area contributed by atoms with Gasteiger partial charge in [-0.3, -0.25) is 9.59 Å². The zero-order chi connectivity index (χ0) is 28.0. The van der Waals surface area contributed by atoms with Crippen LogP contribution in [0.25, 0.3) is 0 Å². The van der Waals surface area contributed by atoms with E-state index in [9.17, 15) is 14.0 Å². The van der Waals surface area contributed by atoms with Gasteiger partial charge in [-0.15, -0.1) is 0 Å². The van der Waals surface area contributed by atoms with Crippen molar-refractivity contribution >= 4 is 11.8 Å². The number of amides is 2. The number of ether oxygens (including phenoxy) is 1. The molecule has 40 heavy (non-hydrogen) atoms. The molecule has 1 atom stereocenters. The molecule has 1 saturated heterocycles. The number of halogens is 1. The van der Waals surface area contributed by atoms with Crippen LogP contribution in [0.15, 0.2) is 84.9 Å². The SMILES string of the molecule is CN(Cc1ccccc1)C(=O)C[C@@]1(COc2ccccc2)CCCN(C(=O)C2(c3ccc(F)cc3)CCCC2)C1. The Kier molecular flexibility index (Phi) is 8.53. The lowest BCUT2D eigenvalue weighted by Gasteiger charge is -2.45. The summed E-state index contributed by atoms with van der Waals surface area (Å²) in [4.78, 5) is 31.7. The van der Waals surface area contributed by atoms with E-state index < -0.39 is 10.8 Å². The van der Waals surface area contributed by atoms with Crippen LogP contribution in [0.1, 0.15) is 56.1 Å². The highest BCUT2D eigenvalue weighted by Gasteiger charge is 2.48. The third-order valence-electron chi connectivity index (χ3n) is 8.71. The molecule has 0 aromatic heterocycles. The normalized spacial score (nSPS) is 20.2. The van der Waals surface area contributed by atoms with Gasteiger partial charge < -0.3 is 14.5 Å². The van der Waals surface area contributed by atoms with Gasteiger partial charge in [-0.05, 0) is 61.1 Å². The van der Waals surface area contributed by atoms with Gasteiger partial charge in [-0.25, -0.2) is 4.39 Å². The summed E-state index contributed by atoms with van der Waals surface area (Å²) >= 11 is 0. The maximum absolute atomic E-state index is 14.3. The lowest BCUT2D eigenvalue weighted by Crippen LogP contribution is -2.55. The first-order valence-corrected chi connectivity index (χ1v) is 14.4. The molecule has 2 fully saturated rings. The second-order valence-electron chi connectivity index (χ2n) is 11.6. The maximum atomic E-state index is 14.3. The highest BCUT2D eigenvalue weighted by molar-refractivity contribution is 5.89. The van der Waals surface area contributed by atoms with E-state index in [0.717, 1.165) is 55.4 Å². The third kappa shape index (κ3) is 6.22. The number of likely N-dealkylation sites (tertiary alicyclic amines) is 1. The van der Waals surface area contributed by atoms with Crippen molar-refractivity contribution in [2.75, 3.05) is 26.7 Å². The van der Waals surface area contributed by atoms with E-state index in [0.29, 0.717) is 32.7 Å². The van der Waals surface area contributed by atoms with Crippen LogP contribution in [-0.4, -0.2) is 48.4 Å². The summed E-state index contributed by atoms with van der Waals surface area (Å²) in [7, 11) is 1.84. The van der Waals surface area contributed by atoms with Gasteiger partial charge in [0.05, 0.1) is 12.0 Å². The number of hydrogen-bond acceptors (Lipinski definition) is 3. The summed E-state index contributed by atoms with van der Waals surface area (Å²) in [6.45, 7) is 2.01. The maximum Gasteiger partial charge on any atom is 0.233 e. The fourth-order valence-electron chi connectivity index (χ4n) is 6.52. The van der Waals surface area contributed by atoms with E-state index in [2.05, 4.69) is 0 Å². The number of para-hydroxylation sites is 1. The van der Waals surface area contributed by atoms with Crippen LogP contribution in [0.2, 0.25) is 0 Å². The van der Waals surface area contributed by atoms with Crippen LogP contribution >= 0.6 is 0 Å². The van der Waals surface area contributed by atoms with Crippen molar-refractivity contribution in [2.45, 2.75) is 56.9 Å². The Hall–Kier alpha value is -3.67. The van der Waals surface area contributed by atoms with Crippen LogP contribution < -0.4 is 4.74 Å². The molecule has 0 spiro atoms. The quantitative estimate of drug-likeness (QED) is 0.316. The molecule has 0 unspecified atom stereocenters. The second-order valence-corrected chi connectivity index (χ2v) is 11.6. The number of nitrogens with zero attached hydrogens (tertiary/aromatic N) is 2. The molecule has 2 aliphatic rings. The van der Waals surface area contributed by atoms with Crippen molar-refractivity contribution in [3.8, 4) is 5.75 Å². The standard InChI is InChI=1S/C34H39FN2O3/c1-36(24-27-11-4-2-5-12-27)31(38)23-33(26-40-30-13-6-3-7-14-30)19-10-22-37(25-33)32(39)34(20-8-9-21-34)28-15-17-29(35)18-16-28/h2-7,11-18H,8-10,19-26H2,1H3/t33-/m0/s1. The van der Waals surface area contributed by atoms with E-state index in [1.807, 2.05) is 72.6 Å². The van der Waals surface area contributed by atoms with Crippen molar-refractivity contribution < 1.29 is 18.7 Å². The first kappa shape index (κ1) is 27.9. The second kappa shape index (κ2) is 12.2. The van der Waals surface area contributed by atoms with Gasteiger partial charge >= 0.3 is 0 Å². The lowest BCUT2D eigenvalue weighted by molar-refractivity contribution is -0.145. The zero-order valence-corrected chi connectivity index (χ0v) is 23.4. The first-order chi connectivity index (χ1) is 19.4. The summed E-state index contributed by atoms with van der Waals surface area (Å²) in [5.74, 6) is 0.612. The van der Waals surface area contributed by atoms with E-state index >= 15 is 0 Å². The summed E-state index contributed by atoms with van der Waals surface area (Å²) in [6, 6.07) is 26.1. The lowest BCUT2D eigenvalue weighted by atomic mass is 9.74. The molecular weight excluding hydrogens is 503 g/mol. The molecule has 3 aromatic rings. The number of rotatable bonds is 9. The minimum absolute atomic E-state index is 0.0453. The largest absolute Gasteiger partial charge is 0.493 e. The van der Waals surface area contributed by atoms with E-state index in [4.69, 9.17) is 4.74 Å². The molecular formula is C34H39FN2O3. The molecule has 1 heterocycles. The minimum atomic E-state index is -0.634. The Morgan fingerprint density at radius 3 is 2.20 bits per heavy atom. The van der Waals surface area contributed by atoms with Gasteiger partial charge in [-0.2, -0.15) is 0 Å². The fourth-order valence-corrected chi connectivity index (χ4v) is 6.52. The van der Waals surface area contributed by atoms with Crippen molar-refractivity contribution in [2.24, 2.45) is 5.41 Å².